The van der Waals surface area contributed by atoms with Crippen LogP contribution in [0.25, 0.3) is 66.1 Å². The molecule has 3 nitrogen and oxygen atoms in total. The van der Waals surface area contributed by atoms with E-state index < -0.39 is 0 Å². The van der Waals surface area contributed by atoms with E-state index in [0.29, 0.717) is 5.56 Å². The van der Waals surface area contributed by atoms with Crippen molar-refractivity contribution in [2.24, 2.45) is 0 Å². The fourth-order valence-corrected chi connectivity index (χ4v) is 7.10. The highest BCUT2D eigenvalue weighted by Crippen LogP contribution is 2.41. The maximum atomic E-state index is 9.73. The van der Waals surface area contributed by atoms with Crippen LogP contribution in [0.1, 0.15) is 33.4 Å². The van der Waals surface area contributed by atoms with Gasteiger partial charge in [-0.3, -0.25) is 0 Å². The van der Waals surface area contributed by atoms with Gasteiger partial charge in [-0.05, 0) is 122 Å². The molecule has 216 valence electrons. The zero-order valence-corrected chi connectivity index (χ0v) is 26.2. The van der Waals surface area contributed by atoms with E-state index in [1.807, 2.05) is 18.2 Å². The molecule has 8 aromatic rings. The molecule has 2 heterocycles. The lowest BCUT2D eigenvalue weighted by atomic mass is 9.97. The fourth-order valence-electron chi connectivity index (χ4n) is 7.10. The van der Waals surface area contributed by atoms with E-state index >= 15 is 0 Å². The molecule has 8 rings (SSSR count). The number of fused-ring (bicyclic) bond motifs is 6. The second kappa shape index (κ2) is 9.97. The van der Waals surface area contributed by atoms with E-state index in [1.54, 1.807) is 0 Å². The maximum absolute atomic E-state index is 9.73. The van der Waals surface area contributed by atoms with Crippen LogP contribution in [0, 0.1) is 45.9 Å². The van der Waals surface area contributed by atoms with Crippen LogP contribution < -0.4 is 0 Å². The molecule has 0 saturated carbocycles. The zero-order chi connectivity index (χ0) is 31.0. The molecule has 0 atom stereocenters. The van der Waals surface area contributed by atoms with Crippen molar-refractivity contribution in [2.45, 2.75) is 34.6 Å². The van der Waals surface area contributed by atoms with Crippen molar-refractivity contribution in [1.29, 1.82) is 5.26 Å². The summed E-state index contributed by atoms with van der Waals surface area (Å²) in [6.45, 7) is 10.9. The van der Waals surface area contributed by atoms with Gasteiger partial charge in [0.05, 0.1) is 45.1 Å². The standard InChI is InChI=1S/C42H33N3/c1-25-9-13-32-33-14-10-26(2)18-38(33)44(37(32)17-25)41-21-29(5)36(31-8-6-7-30(22-31)24-43)23-42(41)45-39-19-27(3)11-15-34(39)35-16-12-28(4)20-40(35)45/h6-23H,1-5H3. The highest BCUT2D eigenvalue weighted by molar-refractivity contribution is 6.12. The summed E-state index contributed by atoms with van der Waals surface area (Å²) < 4.78 is 4.92. The number of nitriles is 1. The Hall–Kier alpha value is -5.59. The van der Waals surface area contributed by atoms with Gasteiger partial charge >= 0.3 is 0 Å². The summed E-state index contributed by atoms with van der Waals surface area (Å²) in [5.41, 5.74) is 15.9. The molecule has 0 aliphatic rings. The largest absolute Gasteiger partial charge is 0.307 e. The molecule has 0 N–H and O–H groups in total. The van der Waals surface area contributed by atoms with Gasteiger partial charge in [0.2, 0.25) is 0 Å². The molecular formula is C42H33N3. The monoisotopic (exact) mass is 579 g/mol. The Balaban J connectivity index is 1.59. The topological polar surface area (TPSA) is 33.6 Å². The molecule has 45 heavy (non-hydrogen) atoms. The number of hydrogen-bond donors (Lipinski definition) is 0. The molecule has 6 aromatic carbocycles. The van der Waals surface area contributed by atoms with Gasteiger partial charge in [0, 0.05) is 21.5 Å². The first-order valence-electron chi connectivity index (χ1n) is 15.5. The maximum Gasteiger partial charge on any atom is 0.0991 e. The van der Waals surface area contributed by atoms with Crippen molar-refractivity contribution in [1.82, 2.24) is 9.13 Å². The average molecular weight is 580 g/mol. The third-order valence-corrected chi connectivity index (χ3v) is 9.26. The number of benzene rings is 6. The Morgan fingerprint density at radius 2 is 0.889 bits per heavy atom. The lowest BCUT2D eigenvalue weighted by Crippen LogP contribution is -2.05. The van der Waals surface area contributed by atoms with Crippen LogP contribution in [0.15, 0.2) is 109 Å². The summed E-state index contributed by atoms with van der Waals surface area (Å²) in [5, 5.41) is 14.7. The Morgan fingerprint density at radius 3 is 1.31 bits per heavy atom. The Bertz CT molecular complexity index is 2430. The summed E-state index contributed by atoms with van der Waals surface area (Å²) in [6, 6.07) is 42.1. The third kappa shape index (κ3) is 4.18. The summed E-state index contributed by atoms with van der Waals surface area (Å²) >= 11 is 0. The smallest absolute Gasteiger partial charge is 0.0991 e. The van der Waals surface area contributed by atoms with Crippen molar-refractivity contribution >= 4 is 43.6 Å². The molecule has 2 aromatic heterocycles. The van der Waals surface area contributed by atoms with Crippen molar-refractivity contribution in [3.8, 4) is 28.6 Å². The lowest BCUT2D eigenvalue weighted by Gasteiger charge is -2.20. The highest BCUT2D eigenvalue weighted by atomic mass is 15.1. The van der Waals surface area contributed by atoms with Gasteiger partial charge < -0.3 is 9.13 Å². The first kappa shape index (κ1) is 27.0. The molecule has 0 saturated heterocycles. The van der Waals surface area contributed by atoms with Gasteiger partial charge in [-0.25, -0.2) is 0 Å². The number of aromatic nitrogens is 2. The molecule has 0 aliphatic heterocycles. The first-order valence-corrected chi connectivity index (χ1v) is 15.5. The minimum atomic E-state index is 0.661. The minimum absolute atomic E-state index is 0.661. The first-order chi connectivity index (χ1) is 21.8. The van der Waals surface area contributed by atoms with Crippen LogP contribution in [0.2, 0.25) is 0 Å². The van der Waals surface area contributed by atoms with Gasteiger partial charge in [0.25, 0.3) is 0 Å². The van der Waals surface area contributed by atoms with Gasteiger partial charge in [-0.15, -0.1) is 0 Å². The highest BCUT2D eigenvalue weighted by Gasteiger charge is 2.22. The summed E-state index contributed by atoms with van der Waals surface area (Å²) in [7, 11) is 0. The van der Waals surface area contributed by atoms with Crippen molar-refractivity contribution < 1.29 is 0 Å². The fraction of sp³-hybridized carbons (Fsp3) is 0.119. The van der Waals surface area contributed by atoms with Crippen molar-refractivity contribution in [3.05, 3.63) is 143 Å². The molecule has 0 fully saturated rings. The predicted octanol–water partition coefficient (Wildman–Crippen LogP) is 11.0. The van der Waals surface area contributed by atoms with E-state index in [9.17, 15) is 5.26 Å². The second-order valence-electron chi connectivity index (χ2n) is 12.6. The van der Waals surface area contributed by atoms with E-state index in [4.69, 9.17) is 0 Å². The summed E-state index contributed by atoms with van der Waals surface area (Å²) in [5.74, 6) is 0. The molecule has 0 bridgehead atoms. The Morgan fingerprint density at radius 1 is 0.467 bits per heavy atom. The van der Waals surface area contributed by atoms with E-state index in [0.717, 1.165) is 28.1 Å². The van der Waals surface area contributed by atoms with Crippen LogP contribution in [0.5, 0.6) is 0 Å². The van der Waals surface area contributed by atoms with Crippen LogP contribution in [-0.4, -0.2) is 9.13 Å². The second-order valence-corrected chi connectivity index (χ2v) is 12.6. The van der Waals surface area contributed by atoms with E-state index in [-0.39, 0.29) is 0 Å². The number of hydrogen-bond acceptors (Lipinski definition) is 1. The van der Waals surface area contributed by atoms with Gasteiger partial charge in [-0.1, -0.05) is 60.7 Å². The average Bonchev–Trinajstić information content (AvgIpc) is 3.51. The molecule has 0 spiro atoms. The van der Waals surface area contributed by atoms with Crippen LogP contribution in [0.4, 0.5) is 0 Å². The van der Waals surface area contributed by atoms with Crippen molar-refractivity contribution in [2.75, 3.05) is 0 Å². The van der Waals surface area contributed by atoms with Gasteiger partial charge in [0.15, 0.2) is 0 Å². The lowest BCUT2D eigenvalue weighted by molar-refractivity contribution is 1.09. The Labute approximate surface area is 263 Å². The molecule has 0 amide bonds. The molecular weight excluding hydrogens is 546 g/mol. The normalized spacial score (nSPS) is 11.6. The molecule has 0 aliphatic carbocycles. The number of aryl methyl sites for hydroxylation is 5. The number of nitrogens with zero attached hydrogens (tertiary/aromatic N) is 3. The van der Waals surface area contributed by atoms with E-state index in [2.05, 4.69) is 141 Å². The Kier molecular flexibility index (Phi) is 5.98. The van der Waals surface area contributed by atoms with Gasteiger partial charge in [0.1, 0.15) is 0 Å². The zero-order valence-electron chi connectivity index (χ0n) is 26.2. The third-order valence-electron chi connectivity index (χ3n) is 9.26. The SMILES string of the molecule is Cc1ccc2c3ccc(C)cc3n(-c3cc(C)c(-c4cccc(C#N)c4)cc3-n3c4cc(C)ccc4c4ccc(C)cc43)c2c1. The summed E-state index contributed by atoms with van der Waals surface area (Å²) in [6.07, 6.45) is 0. The quantitative estimate of drug-likeness (QED) is 0.205. The molecule has 0 unspecified atom stereocenters. The van der Waals surface area contributed by atoms with Crippen molar-refractivity contribution in [3.63, 3.8) is 0 Å². The molecule has 0 radical (unpaired) electrons. The number of rotatable bonds is 3. The van der Waals surface area contributed by atoms with Crippen LogP contribution in [-0.2, 0) is 0 Å². The van der Waals surface area contributed by atoms with Crippen LogP contribution >= 0.6 is 0 Å². The van der Waals surface area contributed by atoms with E-state index in [1.165, 1.54) is 65.9 Å². The predicted molar refractivity (Wildman–Crippen MR) is 189 cm³/mol. The summed E-state index contributed by atoms with van der Waals surface area (Å²) in [4.78, 5) is 0. The molecule has 3 heteroatoms. The minimum Gasteiger partial charge on any atom is -0.307 e. The van der Waals surface area contributed by atoms with Crippen LogP contribution in [0.3, 0.4) is 0 Å². The van der Waals surface area contributed by atoms with Gasteiger partial charge in [-0.2, -0.15) is 5.26 Å².